The lowest BCUT2D eigenvalue weighted by atomic mass is 9.98. The maximum atomic E-state index is 11.3. The molecule has 0 aromatic heterocycles. The minimum absolute atomic E-state index is 0.0834. The van der Waals surface area contributed by atoms with Crippen LogP contribution in [0.25, 0.3) is 0 Å². The summed E-state index contributed by atoms with van der Waals surface area (Å²) in [4.78, 5) is 22.4. The number of aliphatic hydroxyl groups excluding tert-OH is 1. The van der Waals surface area contributed by atoms with Crippen LogP contribution >= 0.6 is 0 Å². The molecule has 5 nitrogen and oxygen atoms in total. The number of hydrogen-bond donors (Lipinski definition) is 2. The van der Waals surface area contributed by atoms with Crippen LogP contribution < -0.4 is 0 Å². The van der Waals surface area contributed by atoms with E-state index in [4.69, 9.17) is 9.84 Å². The first-order chi connectivity index (χ1) is 8.49. The predicted octanol–water partition coefficient (Wildman–Crippen LogP) is 1.64. The van der Waals surface area contributed by atoms with Crippen LogP contribution in [0.4, 0.5) is 0 Å². The number of esters is 1. The first kappa shape index (κ1) is 14.7. The molecule has 18 heavy (non-hydrogen) atoms. The topological polar surface area (TPSA) is 83.8 Å². The van der Waals surface area contributed by atoms with E-state index in [-0.39, 0.29) is 11.1 Å². The van der Waals surface area contributed by atoms with Crippen molar-refractivity contribution in [3.8, 4) is 0 Å². The van der Waals surface area contributed by atoms with Crippen LogP contribution in [-0.2, 0) is 14.3 Å². The SMILES string of the molecule is CCCCCC[C@H](O)[C@@H]1OC(=O)C(C)=C1C(=O)O. The van der Waals surface area contributed by atoms with Gasteiger partial charge in [-0.25, -0.2) is 9.59 Å². The van der Waals surface area contributed by atoms with Gasteiger partial charge in [0, 0.05) is 5.57 Å². The van der Waals surface area contributed by atoms with Crippen LogP contribution in [-0.4, -0.2) is 34.4 Å². The molecule has 0 aromatic carbocycles. The van der Waals surface area contributed by atoms with Crippen LogP contribution in [0.5, 0.6) is 0 Å². The average Bonchev–Trinajstić information content (AvgIpc) is 2.61. The van der Waals surface area contributed by atoms with Gasteiger partial charge in [0.2, 0.25) is 0 Å². The van der Waals surface area contributed by atoms with Gasteiger partial charge in [0.25, 0.3) is 0 Å². The van der Waals surface area contributed by atoms with E-state index in [1.165, 1.54) is 6.92 Å². The number of aliphatic hydroxyl groups is 1. The van der Waals surface area contributed by atoms with Gasteiger partial charge in [-0.3, -0.25) is 0 Å². The molecule has 0 saturated carbocycles. The molecule has 0 aliphatic carbocycles. The Balaban J connectivity index is 2.60. The van der Waals surface area contributed by atoms with E-state index in [1.54, 1.807) is 0 Å². The van der Waals surface area contributed by atoms with Gasteiger partial charge in [-0.15, -0.1) is 0 Å². The summed E-state index contributed by atoms with van der Waals surface area (Å²) in [5.41, 5.74) is -0.0249. The van der Waals surface area contributed by atoms with Gasteiger partial charge >= 0.3 is 11.9 Å². The number of carbonyl (C=O) groups is 2. The molecular weight excluding hydrogens is 236 g/mol. The van der Waals surface area contributed by atoms with Gasteiger partial charge in [0.1, 0.15) is 0 Å². The molecule has 0 radical (unpaired) electrons. The van der Waals surface area contributed by atoms with Crippen molar-refractivity contribution in [2.45, 2.75) is 58.2 Å². The maximum Gasteiger partial charge on any atom is 0.335 e. The number of rotatable bonds is 7. The molecule has 2 N–H and O–H groups in total. The van der Waals surface area contributed by atoms with Crippen molar-refractivity contribution < 1.29 is 24.5 Å². The molecule has 5 heteroatoms. The van der Waals surface area contributed by atoms with Crippen LogP contribution in [0, 0.1) is 0 Å². The first-order valence-corrected chi connectivity index (χ1v) is 6.32. The van der Waals surface area contributed by atoms with Gasteiger partial charge < -0.3 is 14.9 Å². The summed E-state index contributed by atoms with van der Waals surface area (Å²) in [6.07, 6.45) is 2.45. The lowest BCUT2D eigenvalue weighted by Crippen LogP contribution is -2.31. The van der Waals surface area contributed by atoms with E-state index >= 15 is 0 Å². The fourth-order valence-electron chi connectivity index (χ4n) is 2.07. The molecule has 0 fully saturated rings. The smallest absolute Gasteiger partial charge is 0.335 e. The molecule has 0 amide bonds. The molecule has 0 unspecified atom stereocenters. The summed E-state index contributed by atoms with van der Waals surface area (Å²) in [7, 11) is 0. The quantitative estimate of drug-likeness (QED) is 0.534. The van der Waals surface area contributed by atoms with Gasteiger partial charge in [0.05, 0.1) is 11.7 Å². The zero-order valence-electron chi connectivity index (χ0n) is 10.8. The Hall–Kier alpha value is -1.36. The second-order valence-corrected chi connectivity index (χ2v) is 4.59. The standard InChI is InChI=1S/C13H20O5/c1-3-4-5-6-7-9(14)11-10(12(15)16)8(2)13(17)18-11/h9,11,14H,3-7H2,1-2H3,(H,15,16)/t9-,11-/m0/s1. The average molecular weight is 256 g/mol. The number of cyclic esters (lactones) is 1. The molecule has 0 spiro atoms. The van der Waals surface area contributed by atoms with Crippen LogP contribution in [0.2, 0.25) is 0 Å². The number of aliphatic carboxylic acids is 1. The van der Waals surface area contributed by atoms with E-state index in [9.17, 15) is 14.7 Å². The van der Waals surface area contributed by atoms with Gasteiger partial charge in [-0.05, 0) is 13.3 Å². The minimum Gasteiger partial charge on any atom is -0.478 e. The van der Waals surface area contributed by atoms with Crippen LogP contribution in [0.3, 0.4) is 0 Å². The zero-order valence-corrected chi connectivity index (χ0v) is 10.8. The maximum absolute atomic E-state index is 11.3. The molecular formula is C13H20O5. The third-order valence-corrected chi connectivity index (χ3v) is 3.16. The largest absolute Gasteiger partial charge is 0.478 e. The summed E-state index contributed by atoms with van der Waals surface area (Å²) in [5, 5.41) is 19.0. The lowest BCUT2D eigenvalue weighted by molar-refractivity contribution is -0.145. The van der Waals surface area contributed by atoms with Crippen molar-refractivity contribution in [3.63, 3.8) is 0 Å². The number of hydrogen-bond acceptors (Lipinski definition) is 4. The third kappa shape index (κ3) is 3.32. The van der Waals surface area contributed by atoms with Crippen LogP contribution in [0.15, 0.2) is 11.1 Å². The first-order valence-electron chi connectivity index (χ1n) is 6.32. The van der Waals surface area contributed by atoms with E-state index in [0.717, 1.165) is 25.7 Å². The van der Waals surface area contributed by atoms with Crippen molar-refractivity contribution in [2.24, 2.45) is 0 Å². The van der Waals surface area contributed by atoms with Crippen molar-refractivity contribution >= 4 is 11.9 Å². The molecule has 0 saturated heterocycles. The zero-order chi connectivity index (χ0) is 13.7. The summed E-state index contributed by atoms with van der Waals surface area (Å²) in [5.74, 6) is -1.85. The molecule has 1 rings (SSSR count). The Bertz CT molecular complexity index is 358. The van der Waals surface area contributed by atoms with Gasteiger partial charge in [-0.2, -0.15) is 0 Å². The Labute approximate surface area is 106 Å². The van der Waals surface area contributed by atoms with Crippen molar-refractivity contribution in [2.75, 3.05) is 0 Å². The highest BCUT2D eigenvalue weighted by molar-refractivity contribution is 6.03. The van der Waals surface area contributed by atoms with E-state index in [2.05, 4.69) is 6.92 Å². The second kappa shape index (κ2) is 6.54. The number of carboxylic acid groups (broad SMARTS) is 1. The molecule has 1 aliphatic rings. The molecule has 0 bridgehead atoms. The Kier molecular flexibility index (Phi) is 5.34. The summed E-state index contributed by atoms with van der Waals surface area (Å²) < 4.78 is 4.92. The molecule has 1 heterocycles. The monoisotopic (exact) mass is 256 g/mol. The number of carbonyl (C=O) groups excluding carboxylic acids is 1. The fourth-order valence-corrected chi connectivity index (χ4v) is 2.07. The summed E-state index contributed by atoms with van der Waals surface area (Å²) in [6.45, 7) is 3.50. The van der Waals surface area contributed by atoms with Crippen molar-refractivity contribution in [1.29, 1.82) is 0 Å². The highest BCUT2D eigenvalue weighted by Crippen LogP contribution is 2.27. The van der Waals surface area contributed by atoms with Crippen molar-refractivity contribution in [3.05, 3.63) is 11.1 Å². The molecule has 102 valence electrons. The molecule has 0 aromatic rings. The summed E-state index contributed by atoms with van der Waals surface area (Å²) in [6, 6.07) is 0. The predicted molar refractivity (Wildman–Crippen MR) is 65.0 cm³/mol. The minimum atomic E-state index is -1.20. The van der Waals surface area contributed by atoms with Gasteiger partial charge in [0.15, 0.2) is 6.10 Å². The highest BCUT2D eigenvalue weighted by atomic mass is 16.6. The fraction of sp³-hybridized carbons (Fsp3) is 0.692. The third-order valence-electron chi connectivity index (χ3n) is 3.16. The Morgan fingerprint density at radius 3 is 2.61 bits per heavy atom. The number of ether oxygens (including phenoxy) is 1. The summed E-state index contributed by atoms with van der Waals surface area (Å²) >= 11 is 0. The number of unbranched alkanes of at least 4 members (excludes halogenated alkanes) is 3. The van der Waals surface area contributed by atoms with E-state index in [0.29, 0.717) is 6.42 Å². The number of carboxylic acids is 1. The lowest BCUT2D eigenvalue weighted by Gasteiger charge is -2.18. The highest BCUT2D eigenvalue weighted by Gasteiger charge is 2.39. The second-order valence-electron chi connectivity index (χ2n) is 4.59. The van der Waals surface area contributed by atoms with Crippen molar-refractivity contribution in [1.82, 2.24) is 0 Å². The molecule has 1 aliphatic heterocycles. The Morgan fingerprint density at radius 1 is 1.39 bits per heavy atom. The van der Waals surface area contributed by atoms with Crippen LogP contribution in [0.1, 0.15) is 46.0 Å². The molecule has 2 atom stereocenters. The normalized spacial score (nSPS) is 21.1. The van der Waals surface area contributed by atoms with E-state index in [1.807, 2.05) is 0 Å². The Morgan fingerprint density at radius 2 is 2.06 bits per heavy atom. The van der Waals surface area contributed by atoms with Gasteiger partial charge in [-0.1, -0.05) is 32.6 Å². The van der Waals surface area contributed by atoms with E-state index < -0.39 is 24.1 Å².